The van der Waals surface area contributed by atoms with Crippen molar-refractivity contribution >= 4 is 45.2 Å². The van der Waals surface area contributed by atoms with E-state index in [1.807, 2.05) is 35.9 Å². The van der Waals surface area contributed by atoms with Crippen molar-refractivity contribution in [3.05, 3.63) is 45.5 Å². The summed E-state index contributed by atoms with van der Waals surface area (Å²) >= 11 is 2.24. The fourth-order valence-electron chi connectivity index (χ4n) is 2.71. The molecule has 0 aliphatic rings. The lowest BCUT2D eigenvalue weighted by Gasteiger charge is -2.06. The Morgan fingerprint density at radius 2 is 2.04 bits per heavy atom. The monoisotopic (exact) mass is 422 g/mol. The minimum atomic E-state index is -0.561. The van der Waals surface area contributed by atoms with E-state index in [-0.39, 0.29) is 11.3 Å². The first kappa shape index (κ1) is 15.7. The highest BCUT2D eigenvalue weighted by molar-refractivity contribution is 14.1. The molecule has 0 unspecified atom stereocenters. The summed E-state index contributed by atoms with van der Waals surface area (Å²) in [5.41, 5.74) is 9.51. The van der Waals surface area contributed by atoms with Gasteiger partial charge in [0.1, 0.15) is 11.3 Å². The zero-order chi connectivity index (χ0) is 16.7. The maximum absolute atomic E-state index is 11.8. The topological polar surface area (TPSA) is 77.5 Å². The van der Waals surface area contributed by atoms with Crippen molar-refractivity contribution in [2.45, 2.75) is 0 Å². The van der Waals surface area contributed by atoms with Gasteiger partial charge in [-0.05, 0) is 40.8 Å². The molecule has 0 fully saturated rings. The number of carbonyl (C=O) groups excluding carboxylic acids is 1. The van der Waals surface area contributed by atoms with E-state index in [9.17, 15) is 9.90 Å². The van der Waals surface area contributed by atoms with E-state index < -0.39 is 5.97 Å². The highest BCUT2D eigenvalue weighted by atomic mass is 127. The number of phenolic OH excluding ortho intramolecular Hbond substituents is 1. The molecule has 0 saturated heterocycles. The van der Waals surface area contributed by atoms with Gasteiger partial charge >= 0.3 is 5.97 Å². The van der Waals surface area contributed by atoms with E-state index in [4.69, 9.17) is 10.5 Å². The second-order valence-corrected chi connectivity index (χ2v) is 6.30. The van der Waals surface area contributed by atoms with Crippen molar-refractivity contribution in [3.63, 3.8) is 0 Å². The van der Waals surface area contributed by atoms with Crippen LogP contribution in [0.3, 0.4) is 0 Å². The normalized spacial score (nSPS) is 10.9. The number of hydrogen-bond donors (Lipinski definition) is 2. The quantitative estimate of drug-likeness (QED) is 0.377. The summed E-state index contributed by atoms with van der Waals surface area (Å²) in [7, 11) is 3.21. The van der Waals surface area contributed by atoms with Crippen LogP contribution in [0.5, 0.6) is 5.75 Å². The molecule has 1 aromatic heterocycles. The smallest absolute Gasteiger partial charge is 0.341 e. The number of phenols is 1. The Bertz CT molecular complexity index is 931. The molecule has 3 N–H and O–H groups in total. The number of benzene rings is 2. The molecule has 23 heavy (non-hydrogen) atoms. The number of rotatable bonds is 2. The first-order chi connectivity index (χ1) is 10.9. The first-order valence-corrected chi connectivity index (χ1v) is 7.97. The number of esters is 1. The molecule has 0 atom stereocenters. The number of halogens is 1. The Labute approximate surface area is 146 Å². The van der Waals surface area contributed by atoms with Crippen LogP contribution in [-0.2, 0) is 11.8 Å². The first-order valence-electron chi connectivity index (χ1n) is 6.89. The Kier molecular flexibility index (Phi) is 3.93. The fourth-order valence-corrected chi connectivity index (χ4v) is 3.81. The lowest BCUT2D eigenvalue weighted by Crippen LogP contribution is -2.01. The SMILES string of the molecule is COC(=O)c1cc2c(I)c(-c3cccc(N)c3)n(C)c2cc1O. The van der Waals surface area contributed by atoms with Crippen molar-refractivity contribution in [1.29, 1.82) is 0 Å². The summed E-state index contributed by atoms with van der Waals surface area (Å²) in [6.07, 6.45) is 0. The van der Waals surface area contributed by atoms with Crippen molar-refractivity contribution < 1.29 is 14.6 Å². The number of aryl methyl sites for hydroxylation is 1. The molecule has 0 amide bonds. The Hall–Kier alpha value is -2.22. The summed E-state index contributed by atoms with van der Waals surface area (Å²) in [6, 6.07) is 10.9. The standard InChI is InChI=1S/C17H15IN2O3/c1-20-13-8-14(21)12(17(22)23-2)7-11(13)15(18)16(20)9-4-3-5-10(19)6-9/h3-8,21H,19H2,1-2H3. The van der Waals surface area contributed by atoms with E-state index in [0.717, 1.165) is 25.7 Å². The third kappa shape index (κ3) is 2.52. The number of methoxy groups -OCH3 is 1. The lowest BCUT2D eigenvalue weighted by atomic mass is 10.1. The van der Waals surface area contributed by atoms with Gasteiger partial charge in [0.15, 0.2) is 0 Å². The van der Waals surface area contributed by atoms with Gasteiger partial charge in [-0.15, -0.1) is 0 Å². The van der Waals surface area contributed by atoms with Gasteiger partial charge in [-0.3, -0.25) is 0 Å². The van der Waals surface area contributed by atoms with Crippen molar-refractivity contribution in [1.82, 2.24) is 4.57 Å². The Morgan fingerprint density at radius 1 is 1.30 bits per heavy atom. The predicted octanol–water partition coefficient (Wildman–Crippen LogP) is 3.52. The largest absolute Gasteiger partial charge is 0.507 e. The second-order valence-electron chi connectivity index (χ2n) is 5.23. The number of anilines is 1. The summed E-state index contributed by atoms with van der Waals surface area (Å²) in [5, 5.41) is 11.0. The molecule has 0 aliphatic carbocycles. The molecule has 0 aliphatic heterocycles. The van der Waals surface area contributed by atoms with E-state index in [1.165, 1.54) is 7.11 Å². The lowest BCUT2D eigenvalue weighted by molar-refractivity contribution is 0.0597. The molecule has 6 heteroatoms. The van der Waals surface area contributed by atoms with E-state index in [2.05, 4.69) is 22.6 Å². The van der Waals surface area contributed by atoms with E-state index in [0.29, 0.717) is 5.69 Å². The fraction of sp³-hybridized carbons (Fsp3) is 0.118. The van der Waals surface area contributed by atoms with Crippen molar-refractivity contribution in [2.75, 3.05) is 12.8 Å². The zero-order valence-corrected chi connectivity index (χ0v) is 14.8. The van der Waals surface area contributed by atoms with Crippen LogP contribution in [0.15, 0.2) is 36.4 Å². The van der Waals surface area contributed by atoms with Crippen LogP contribution in [-0.4, -0.2) is 22.8 Å². The maximum Gasteiger partial charge on any atom is 0.341 e. The van der Waals surface area contributed by atoms with Crippen LogP contribution in [0.1, 0.15) is 10.4 Å². The number of hydrogen-bond acceptors (Lipinski definition) is 4. The highest BCUT2D eigenvalue weighted by Gasteiger charge is 2.20. The molecular formula is C17H15IN2O3. The van der Waals surface area contributed by atoms with Crippen LogP contribution in [0, 0.1) is 3.57 Å². The van der Waals surface area contributed by atoms with Crippen molar-refractivity contribution in [3.8, 4) is 17.0 Å². The number of nitrogens with two attached hydrogens (primary N) is 1. The maximum atomic E-state index is 11.8. The van der Waals surface area contributed by atoms with Gasteiger partial charge in [-0.25, -0.2) is 4.79 Å². The number of aromatic nitrogens is 1. The average Bonchev–Trinajstić information content (AvgIpc) is 2.76. The molecule has 3 aromatic rings. The third-order valence-electron chi connectivity index (χ3n) is 3.82. The predicted molar refractivity (Wildman–Crippen MR) is 98.5 cm³/mol. The minimum absolute atomic E-state index is 0.0968. The molecule has 2 aromatic carbocycles. The molecule has 118 valence electrons. The van der Waals surface area contributed by atoms with Crippen LogP contribution in [0.2, 0.25) is 0 Å². The number of nitrogens with zero attached hydrogens (tertiary/aromatic N) is 1. The zero-order valence-electron chi connectivity index (χ0n) is 12.6. The van der Waals surface area contributed by atoms with Gasteiger partial charge in [-0.2, -0.15) is 0 Å². The van der Waals surface area contributed by atoms with Crippen molar-refractivity contribution in [2.24, 2.45) is 7.05 Å². The van der Waals surface area contributed by atoms with Gasteiger partial charge in [0, 0.05) is 33.3 Å². The van der Waals surface area contributed by atoms with Gasteiger partial charge in [0.25, 0.3) is 0 Å². The van der Waals surface area contributed by atoms with Gasteiger partial charge in [-0.1, -0.05) is 12.1 Å². The van der Waals surface area contributed by atoms with Crippen LogP contribution in [0.25, 0.3) is 22.2 Å². The van der Waals surface area contributed by atoms with E-state index >= 15 is 0 Å². The average molecular weight is 422 g/mol. The number of carbonyl (C=O) groups is 1. The summed E-state index contributed by atoms with van der Waals surface area (Å²) in [4.78, 5) is 11.8. The molecule has 0 radical (unpaired) electrons. The Morgan fingerprint density at radius 3 is 2.70 bits per heavy atom. The summed E-state index contributed by atoms with van der Waals surface area (Å²) in [5.74, 6) is -0.657. The third-order valence-corrected chi connectivity index (χ3v) is 4.91. The highest BCUT2D eigenvalue weighted by Crippen LogP contribution is 2.37. The Balaban J connectivity index is 2.32. The van der Waals surface area contributed by atoms with E-state index in [1.54, 1.807) is 12.1 Å². The van der Waals surface area contributed by atoms with Gasteiger partial charge < -0.3 is 20.1 Å². The minimum Gasteiger partial charge on any atom is -0.507 e. The summed E-state index contributed by atoms with van der Waals surface area (Å²) in [6.45, 7) is 0. The molecule has 1 heterocycles. The number of aromatic hydroxyl groups is 1. The second kappa shape index (κ2) is 5.77. The molecule has 5 nitrogen and oxygen atoms in total. The number of fused-ring (bicyclic) bond motifs is 1. The summed E-state index contributed by atoms with van der Waals surface area (Å²) < 4.78 is 7.68. The molecular weight excluding hydrogens is 407 g/mol. The number of ether oxygens (including phenoxy) is 1. The van der Waals surface area contributed by atoms with Gasteiger partial charge in [0.05, 0.1) is 18.3 Å². The molecule has 0 bridgehead atoms. The van der Waals surface area contributed by atoms with Gasteiger partial charge in [0.2, 0.25) is 0 Å². The van der Waals surface area contributed by atoms with Crippen LogP contribution >= 0.6 is 22.6 Å². The molecule has 0 saturated carbocycles. The van der Waals surface area contributed by atoms with Crippen LogP contribution in [0.4, 0.5) is 5.69 Å². The molecule has 0 spiro atoms. The number of nitrogen functional groups attached to an aromatic ring is 1. The van der Waals surface area contributed by atoms with Crippen LogP contribution < -0.4 is 5.73 Å². The molecule has 3 rings (SSSR count).